The third kappa shape index (κ3) is 2.50. The van der Waals surface area contributed by atoms with Crippen LogP contribution in [0.3, 0.4) is 0 Å². The first-order chi connectivity index (χ1) is 14.5. The first kappa shape index (κ1) is 19.5. The minimum Gasteiger partial charge on any atom is -0.494 e. The number of nitro groups is 1. The molecule has 5 rings (SSSR count). The number of para-hydroxylation sites is 1. The summed E-state index contributed by atoms with van der Waals surface area (Å²) in [7, 11) is 0. The number of benzene rings is 2. The monoisotopic (exact) mass is 471 g/mol. The van der Waals surface area contributed by atoms with Crippen molar-refractivity contribution < 1.29 is 14.5 Å². The second kappa shape index (κ2) is 7.06. The average molecular weight is 472 g/mol. The van der Waals surface area contributed by atoms with Gasteiger partial charge in [0.15, 0.2) is 5.54 Å². The highest BCUT2D eigenvalue weighted by molar-refractivity contribution is 9.10. The largest absolute Gasteiger partial charge is 0.494 e. The summed E-state index contributed by atoms with van der Waals surface area (Å²) in [5.41, 5.74) is 0.857. The van der Waals surface area contributed by atoms with E-state index in [1.165, 1.54) is 0 Å². The van der Waals surface area contributed by atoms with E-state index in [4.69, 9.17) is 4.74 Å². The first-order valence-electron chi connectivity index (χ1n) is 10.2. The molecule has 8 heteroatoms. The van der Waals surface area contributed by atoms with Crippen LogP contribution in [0.1, 0.15) is 36.8 Å². The summed E-state index contributed by atoms with van der Waals surface area (Å²) in [6.45, 7) is 3.02. The van der Waals surface area contributed by atoms with E-state index in [1.54, 1.807) is 0 Å². The summed E-state index contributed by atoms with van der Waals surface area (Å²) in [6, 6.07) is 11.8. The number of hydrogen-bond donors (Lipinski definition) is 1. The lowest BCUT2D eigenvalue weighted by atomic mass is 9.77. The van der Waals surface area contributed by atoms with Crippen molar-refractivity contribution >= 4 is 27.5 Å². The van der Waals surface area contributed by atoms with Gasteiger partial charge < -0.3 is 10.1 Å². The number of nitrogens with zero attached hydrogens (tertiary/aromatic N) is 2. The molecule has 4 atom stereocenters. The van der Waals surface area contributed by atoms with Gasteiger partial charge in [-0.15, -0.1) is 0 Å². The molecule has 3 heterocycles. The van der Waals surface area contributed by atoms with Gasteiger partial charge in [0.2, 0.25) is 0 Å². The molecule has 0 aliphatic carbocycles. The molecule has 1 N–H and O–H groups in total. The molecular formula is C22H22BrN3O4. The van der Waals surface area contributed by atoms with E-state index in [2.05, 4.69) is 26.1 Å². The minimum atomic E-state index is -1.31. The van der Waals surface area contributed by atoms with Crippen LogP contribution in [0.5, 0.6) is 5.75 Å². The lowest BCUT2D eigenvalue weighted by Crippen LogP contribution is -2.55. The molecule has 3 aliphatic heterocycles. The van der Waals surface area contributed by atoms with Crippen molar-refractivity contribution in [2.75, 3.05) is 18.5 Å². The van der Waals surface area contributed by atoms with E-state index < -0.39 is 17.5 Å². The SMILES string of the molecule is CCOc1ccc(Br)cc1[C@H]1[C@H]([N+](=O)[O-])[C@@]2(C(=O)Nc3ccccc32)N2CCC[C@@H]12. The van der Waals surface area contributed by atoms with E-state index in [0.717, 1.165) is 22.9 Å². The van der Waals surface area contributed by atoms with Gasteiger partial charge in [-0.05, 0) is 44.0 Å². The highest BCUT2D eigenvalue weighted by Gasteiger charge is 2.73. The van der Waals surface area contributed by atoms with Crippen LogP contribution in [0.4, 0.5) is 5.69 Å². The number of amides is 1. The third-order valence-corrected chi connectivity index (χ3v) is 7.22. The zero-order valence-corrected chi connectivity index (χ0v) is 18.1. The van der Waals surface area contributed by atoms with Crippen molar-refractivity contribution in [3.63, 3.8) is 0 Å². The molecule has 30 heavy (non-hydrogen) atoms. The maximum absolute atomic E-state index is 13.5. The predicted octanol–water partition coefficient (Wildman–Crippen LogP) is 3.90. The van der Waals surface area contributed by atoms with Crippen LogP contribution in [0.25, 0.3) is 0 Å². The lowest BCUT2D eigenvalue weighted by Gasteiger charge is -2.32. The van der Waals surface area contributed by atoms with Crippen molar-refractivity contribution in [2.24, 2.45) is 0 Å². The van der Waals surface area contributed by atoms with Gasteiger partial charge in [0.25, 0.3) is 11.9 Å². The van der Waals surface area contributed by atoms with E-state index >= 15 is 0 Å². The molecule has 1 amide bonds. The van der Waals surface area contributed by atoms with E-state index in [9.17, 15) is 14.9 Å². The highest BCUT2D eigenvalue weighted by atomic mass is 79.9. The quantitative estimate of drug-likeness (QED) is 0.539. The van der Waals surface area contributed by atoms with Crippen LogP contribution in [-0.2, 0) is 10.3 Å². The second-order valence-corrected chi connectivity index (χ2v) is 8.96. The van der Waals surface area contributed by atoms with Gasteiger partial charge in [-0.2, -0.15) is 0 Å². The number of fused-ring (bicyclic) bond motifs is 4. The Morgan fingerprint density at radius 1 is 1.33 bits per heavy atom. The van der Waals surface area contributed by atoms with Crippen molar-refractivity contribution in [3.05, 3.63) is 68.2 Å². The molecule has 0 radical (unpaired) electrons. The lowest BCUT2D eigenvalue weighted by molar-refractivity contribution is -0.534. The van der Waals surface area contributed by atoms with Gasteiger partial charge in [0.05, 0.1) is 12.5 Å². The summed E-state index contributed by atoms with van der Waals surface area (Å²) < 4.78 is 6.70. The number of nitrogens with one attached hydrogen (secondary N) is 1. The standard InChI is InChI=1S/C22H22BrN3O4/c1-2-30-18-10-9-13(23)12-14(18)19-17-8-5-11-25(17)22(20(19)26(28)29)15-6-3-4-7-16(15)24-21(22)27/h3-4,6-7,9-10,12,17,19-20H,2,5,8,11H2,1H3,(H,24,27)/t17-,19+,20-,22-/m0/s1. The minimum absolute atomic E-state index is 0.106. The van der Waals surface area contributed by atoms with E-state index in [1.807, 2.05) is 49.4 Å². The first-order valence-corrected chi connectivity index (χ1v) is 11.0. The summed E-state index contributed by atoms with van der Waals surface area (Å²) in [5.74, 6) is -0.112. The zero-order valence-electron chi connectivity index (χ0n) is 16.5. The summed E-state index contributed by atoms with van der Waals surface area (Å²) >= 11 is 3.52. The Hall–Kier alpha value is -2.45. The van der Waals surface area contributed by atoms with Crippen molar-refractivity contribution in [3.8, 4) is 5.75 Å². The summed E-state index contributed by atoms with van der Waals surface area (Å²) in [6.07, 6.45) is 1.71. The van der Waals surface area contributed by atoms with Crippen LogP contribution >= 0.6 is 15.9 Å². The summed E-state index contributed by atoms with van der Waals surface area (Å²) in [4.78, 5) is 27.9. The molecule has 7 nitrogen and oxygen atoms in total. The maximum Gasteiger partial charge on any atom is 0.256 e. The normalized spacial score (nSPS) is 29.7. The Bertz CT molecular complexity index is 1040. The number of hydrogen-bond acceptors (Lipinski definition) is 5. The fourth-order valence-electron chi connectivity index (χ4n) is 5.81. The van der Waals surface area contributed by atoms with Crippen LogP contribution in [-0.4, -0.2) is 41.0 Å². The van der Waals surface area contributed by atoms with Gasteiger partial charge in [0.1, 0.15) is 5.75 Å². The Kier molecular flexibility index (Phi) is 4.59. The maximum atomic E-state index is 13.5. The molecule has 0 bridgehead atoms. The van der Waals surface area contributed by atoms with Crippen molar-refractivity contribution in [1.29, 1.82) is 0 Å². The van der Waals surface area contributed by atoms with Gasteiger partial charge in [-0.25, -0.2) is 0 Å². The molecule has 0 aromatic heterocycles. The van der Waals surface area contributed by atoms with Crippen LogP contribution in [0.15, 0.2) is 46.9 Å². The van der Waals surface area contributed by atoms with E-state index in [-0.39, 0.29) is 16.9 Å². The fourth-order valence-corrected chi connectivity index (χ4v) is 6.19. The Morgan fingerprint density at radius 3 is 2.90 bits per heavy atom. The van der Waals surface area contributed by atoms with Crippen molar-refractivity contribution in [1.82, 2.24) is 4.90 Å². The number of carbonyl (C=O) groups excluding carboxylic acids is 1. The molecule has 1 spiro atoms. The molecule has 156 valence electrons. The molecule has 2 aromatic carbocycles. The number of carbonyl (C=O) groups is 1. The molecule has 0 unspecified atom stereocenters. The molecular weight excluding hydrogens is 450 g/mol. The number of halogens is 1. The molecule has 2 aromatic rings. The van der Waals surface area contributed by atoms with Gasteiger partial charge >= 0.3 is 0 Å². The number of rotatable bonds is 4. The Labute approximate surface area is 182 Å². The fraction of sp³-hybridized carbons (Fsp3) is 0.409. The zero-order chi connectivity index (χ0) is 21.0. The van der Waals surface area contributed by atoms with Crippen LogP contribution in [0.2, 0.25) is 0 Å². The van der Waals surface area contributed by atoms with E-state index in [0.29, 0.717) is 30.2 Å². The Morgan fingerprint density at radius 2 is 2.13 bits per heavy atom. The highest BCUT2D eigenvalue weighted by Crippen LogP contribution is 2.59. The van der Waals surface area contributed by atoms with Gasteiger partial charge in [0, 0.05) is 38.8 Å². The smallest absolute Gasteiger partial charge is 0.256 e. The second-order valence-electron chi connectivity index (χ2n) is 8.04. The van der Waals surface area contributed by atoms with Gasteiger partial charge in [-0.1, -0.05) is 34.1 Å². The predicted molar refractivity (Wildman–Crippen MR) is 115 cm³/mol. The van der Waals surface area contributed by atoms with Crippen molar-refractivity contribution in [2.45, 2.75) is 43.3 Å². The van der Waals surface area contributed by atoms with Crippen LogP contribution in [0, 0.1) is 10.1 Å². The molecule has 2 saturated heterocycles. The molecule has 2 fully saturated rings. The third-order valence-electron chi connectivity index (χ3n) is 6.72. The number of ether oxygens (including phenoxy) is 1. The average Bonchev–Trinajstić information content (AvgIpc) is 3.37. The topological polar surface area (TPSA) is 84.7 Å². The Balaban J connectivity index is 1.77. The van der Waals surface area contributed by atoms with Gasteiger partial charge in [-0.3, -0.25) is 19.8 Å². The van der Waals surface area contributed by atoms with Crippen LogP contribution < -0.4 is 10.1 Å². The molecule has 3 aliphatic rings. The summed E-state index contributed by atoms with van der Waals surface area (Å²) in [5, 5.41) is 15.6. The molecule has 0 saturated carbocycles. The number of anilines is 1.